The second-order valence-electron chi connectivity index (χ2n) is 5.13. The smallest absolute Gasteiger partial charge is 0.259 e. The largest absolute Gasteiger partial charge is 0.356 e. The van der Waals surface area contributed by atoms with Crippen molar-refractivity contribution in [1.82, 2.24) is 9.38 Å². The van der Waals surface area contributed by atoms with Gasteiger partial charge in [0, 0.05) is 42.2 Å². The van der Waals surface area contributed by atoms with Crippen LogP contribution in [0.25, 0.3) is 16.4 Å². The molecule has 0 amide bonds. The molecule has 21 heavy (non-hydrogen) atoms. The maximum absolute atomic E-state index is 12.4. The zero-order chi connectivity index (χ0) is 14.2. The van der Waals surface area contributed by atoms with Crippen LogP contribution in [-0.4, -0.2) is 34.0 Å². The van der Waals surface area contributed by atoms with Gasteiger partial charge in [0.05, 0.1) is 0 Å². The van der Waals surface area contributed by atoms with Crippen molar-refractivity contribution in [3.63, 3.8) is 0 Å². The molecule has 0 atom stereocenters. The molecule has 5 heteroatoms. The van der Waals surface area contributed by atoms with Crippen LogP contribution in [0, 0.1) is 0 Å². The molecule has 0 saturated carbocycles. The Morgan fingerprint density at radius 2 is 1.90 bits per heavy atom. The molecule has 3 heterocycles. The molecule has 0 spiro atoms. The van der Waals surface area contributed by atoms with E-state index >= 15 is 0 Å². The minimum Gasteiger partial charge on any atom is -0.356 e. The van der Waals surface area contributed by atoms with Gasteiger partial charge in [-0.2, -0.15) is 11.8 Å². The first-order valence-corrected chi connectivity index (χ1v) is 8.22. The minimum atomic E-state index is -0.0148. The average molecular weight is 297 g/mol. The average Bonchev–Trinajstić information content (AvgIpc) is 2.55. The summed E-state index contributed by atoms with van der Waals surface area (Å²) in [5, 5.41) is 2.15. The van der Waals surface area contributed by atoms with Crippen LogP contribution in [0.1, 0.15) is 0 Å². The molecule has 4 nitrogen and oxygen atoms in total. The Bertz CT molecular complexity index is 868. The van der Waals surface area contributed by atoms with Crippen molar-refractivity contribution in [3.05, 3.63) is 52.9 Å². The predicted molar refractivity (Wildman–Crippen MR) is 88.5 cm³/mol. The van der Waals surface area contributed by atoms with E-state index in [0.717, 1.165) is 46.8 Å². The van der Waals surface area contributed by atoms with Crippen LogP contribution in [0.5, 0.6) is 0 Å². The predicted octanol–water partition coefficient (Wildman–Crippen LogP) is 2.40. The lowest BCUT2D eigenvalue weighted by atomic mass is 10.1. The van der Waals surface area contributed by atoms with Crippen molar-refractivity contribution >= 4 is 34.0 Å². The van der Waals surface area contributed by atoms with Gasteiger partial charge in [0.2, 0.25) is 0 Å². The highest BCUT2D eigenvalue weighted by atomic mass is 32.2. The Morgan fingerprint density at radius 1 is 1.10 bits per heavy atom. The molecule has 0 radical (unpaired) electrons. The highest BCUT2D eigenvalue weighted by Crippen LogP contribution is 2.26. The SMILES string of the molecule is O=c1ccnc2c3ccccc3cc(N3CCSCC3)n12. The molecule has 4 rings (SSSR count). The maximum Gasteiger partial charge on any atom is 0.259 e. The van der Waals surface area contributed by atoms with Crippen molar-refractivity contribution in [2.45, 2.75) is 0 Å². The number of benzene rings is 1. The van der Waals surface area contributed by atoms with Crippen molar-refractivity contribution in [2.75, 3.05) is 29.5 Å². The molecular formula is C16H15N3OS. The third kappa shape index (κ3) is 2.08. The van der Waals surface area contributed by atoms with Crippen LogP contribution in [0.4, 0.5) is 5.82 Å². The Labute approximate surface area is 126 Å². The Balaban J connectivity index is 2.09. The Morgan fingerprint density at radius 3 is 2.76 bits per heavy atom. The molecule has 3 aromatic rings. The monoisotopic (exact) mass is 297 g/mol. The molecule has 0 bridgehead atoms. The van der Waals surface area contributed by atoms with Crippen molar-refractivity contribution < 1.29 is 0 Å². The van der Waals surface area contributed by atoms with Crippen LogP contribution < -0.4 is 10.5 Å². The number of hydrogen-bond acceptors (Lipinski definition) is 4. The molecule has 0 N–H and O–H groups in total. The first kappa shape index (κ1) is 12.7. The van der Waals surface area contributed by atoms with Gasteiger partial charge in [0.25, 0.3) is 5.56 Å². The van der Waals surface area contributed by atoms with E-state index in [0.29, 0.717) is 0 Å². The number of pyridine rings is 1. The quantitative estimate of drug-likeness (QED) is 0.646. The van der Waals surface area contributed by atoms with Crippen LogP contribution in [0.2, 0.25) is 0 Å². The number of thioether (sulfide) groups is 1. The summed E-state index contributed by atoms with van der Waals surface area (Å²) in [6, 6.07) is 11.8. The number of fused-ring (bicyclic) bond motifs is 3. The van der Waals surface area contributed by atoms with Gasteiger partial charge >= 0.3 is 0 Å². The lowest BCUT2D eigenvalue weighted by Gasteiger charge is -2.29. The second-order valence-corrected chi connectivity index (χ2v) is 6.36. The van der Waals surface area contributed by atoms with Gasteiger partial charge in [0.1, 0.15) is 11.5 Å². The van der Waals surface area contributed by atoms with E-state index in [-0.39, 0.29) is 5.56 Å². The topological polar surface area (TPSA) is 37.6 Å². The number of anilines is 1. The summed E-state index contributed by atoms with van der Waals surface area (Å²) in [7, 11) is 0. The first-order chi connectivity index (χ1) is 10.3. The highest BCUT2D eigenvalue weighted by molar-refractivity contribution is 7.99. The lowest BCUT2D eigenvalue weighted by molar-refractivity contribution is 0.821. The first-order valence-electron chi connectivity index (χ1n) is 7.07. The molecule has 2 aromatic heterocycles. The number of rotatable bonds is 1. The Kier molecular flexibility index (Phi) is 3.07. The number of aromatic nitrogens is 2. The second kappa shape index (κ2) is 5.07. The van der Waals surface area contributed by atoms with Crippen LogP contribution in [0.3, 0.4) is 0 Å². The van der Waals surface area contributed by atoms with Gasteiger partial charge < -0.3 is 4.90 Å². The van der Waals surface area contributed by atoms with E-state index in [9.17, 15) is 4.79 Å². The van der Waals surface area contributed by atoms with Crippen LogP contribution in [0.15, 0.2) is 47.4 Å². The molecule has 1 saturated heterocycles. The van der Waals surface area contributed by atoms with E-state index in [4.69, 9.17) is 0 Å². The van der Waals surface area contributed by atoms with E-state index in [1.807, 2.05) is 30.0 Å². The van der Waals surface area contributed by atoms with E-state index < -0.39 is 0 Å². The third-order valence-corrected chi connectivity index (χ3v) is 4.84. The molecule has 0 aliphatic carbocycles. The zero-order valence-electron chi connectivity index (χ0n) is 11.5. The zero-order valence-corrected chi connectivity index (χ0v) is 12.3. The van der Waals surface area contributed by atoms with Crippen molar-refractivity contribution in [3.8, 4) is 0 Å². The summed E-state index contributed by atoms with van der Waals surface area (Å²) < 4.78 is 1.75. The number of hydrogen-bond donors (Lipinski definition) is 0. The molecule has 1 aromatic carbocycles. The van der Waals surface area contributed by atoms with Gasteiger partial charge in [-0.1, -0.05) is 24.3 Å². The van der Waals surface area contributed by atoms with Crippen molar-refractivity contribution in [2.24, 2.45) is 0 Å². The summed E-state index contributed by atoms with van der Waals surface area (Å²) in [5.41, 5.74) is 0.729. The molecule has 0 unspecified atom stereocenters. The van der Waals surface area contributed by atoms with E-state index in [2.05, 4.69) is 22.0 Å². The fourth-order valence-electron chi connectivity index (χ4n) is 2.87. The fourth-order valence-corrected chi connectivity index (χ4v) is 3.78. The molecule has 1 aliphatic heterocycles. The highest BCUT2D eigenvalue weighted by Gasteiger charge is 2.16. The standard InChI is InChI=1S/C16H15N3OS/c20-15-5-6-17-16-13-4-2-1-3-12(13)11-14(19(15)16)18-7-9-21-10-8-18/h1-6,11H,7-10H2. The van der Waals surface area contributed by atoms with E-state index in [1.165, 1.54) is 6.07 Å². The summed E-state index contributed by atoms with van der Waals surface area (Å²) in [6.07, 6.45) is 1.60. The molecule has 1 fully saturated rings. The van der Waals surface area contributed by atoms with Gasteiger partial charge in [-0.25, -0.2) is 9.38 Å². The van der Waals surface area contributed by atoms with Crippen molar-refractivity contribution in [1.29, 1.82) is 0 Å². The van der Waals surface area contributed by atoms with Crippen LogP contribution in [-0.2, 0) is 0 Å². The third-order valence-electron chi connectivity index (χ3n) is 3.90. The maximum atomic E-state index is 12.4. The Hall–Kier alpha value is -2.01. The normalized spacial score (nSPS) is 15.7. The summed E-state index contributed by atoms with van der Waals surface area (Å²) >= 11 is 1.96. The summed E-state index contributed by atoms with van der Waals surface area (Å²) in [5.74, 6) is 3.16. The summed E-state index contributed by atoms with van der Waals surface area (Å²) in [4.78, 5) is 19.1. The van der Waals surface area contributed by atoms with Gasteiger partial charge in [-0.3, -0.25) is 4.79 Å². The van der Waals surface area contributed by atoms with Gasteiger partial charge in [-0.05, 0) is 11.5 Å². The number of nitrogens with zero attached hydrogens (tertiary/aromatic N) is 3. The summed E-state index contributed by atoms with van der Waals surface area (Å²) in [6.45, 7) is 1.94. The molecular weight excluding hydrogens is 282 g/mol. The minimum absolute atomic E-state index is 0.0148. The van der Waals surface area contributed by atoms with Crippen LogP contribution >= 0.6 is 11.8 Å². The van der Waals surface area contributed by atoms with Gasteiger partial charge in [0.15, 0.2) is 0 Å². The van der Waals surface area contributed by atoms with Gasteiger partial charge in [-0.15, -0.1) is 0 Å². The van der Waals surface area contributed by atoms with E-state index in [1.54, 1.807) is 10.6 Å². The fraction of sp³-hybridized carbons (Fsp3) is 0.250. The molecule has 1 aliphatic rings. The molecule has 106 valence electrons. The lowest BCUT2D eigenvalue weighted by Crippen LogP contribution is -2.35.